The number of rotatable bonds is 0. The Bertz CT molecular complexity index is 756. The number of ketones is 1. The molecule has 1 spiro atoms. The number of fused-ring (bicyclic) bond motifs is 7. The van der Waals surface area contributed by atoms with Crippen LogP contribution in [0.1, 0.15) is 85.5 Å². The van der Waals surface area contributed by atoms with Gasteiger partial charge in [-0.05, 0) is 85.4 Å². The van der Waals surface area contributed by atoms with Gasteiger partial charge in [-0.15, -0.1) is 0 Å². The summed E-state index contributed by atoms with van der Waals surface area (Å²) in [6.07, 6.45) is 9.26. The van der Waals surface area contributed by atoms with Crippen molar-refractivity contribution in [3.63, 3.8) is 0 Å². The van der Waals surface area contributed by atoms with Crippen LogP contribution in [0.5, 0.6) is 0 Å². The number of hydrogen-bond acceptors (Lipinski definition) is 4. The Morgan fingerprint density at radius 1 is 1.00 bits per heavy atom. The average Bonchev–Trinajstić information content (AvgIpc) is 3.15. The van der Waals surface area contributed by atoms with Crippen LogP contribution in [0.25, 0.3) is 0 Å². The fraction of sp³-hybridized carbons (Fsp3) is 0.963. The van der Waals surface area contributed by atoms with Crippen molar-refractivity contribution in [2.75, 3.05) is 6.61 Å². The van der Waals surface area contributed by atoms with Crippen molar-refractivity contribution >= 4 is 5.78 Å². The van der Waals surface area contributed by atoms with Gasteiger partial charge in [-0.2, -0.15) is 0 Å². The second-order valence-corrected chi connectivity index (χ2v) is 13.1. The minimum absolute atomic E-state index is 0.0512. The lowest BCUT2D eigenvalue weighted by molar-refractivity contribution is -0.272. The van der Waals surface area contributed by atoms with E-state index in [4.69, 9.17) is 9.47 Å². The molecule has 4 saturated carbocycles. The van der Waals surface area contributed by atoms with E-state index in [9.17, 15) is 9.90 Å². The Morgan fingerprint density at radius 2 is 1.81 bits per heavy atom. The number of carbonyl (C=O) groups is 1. The molecule has 4 aliphatic carbocycles. The van der Waals surface area contributed by atoms with Crippen molar-refractivity contribution in [2.45, 2.75) is 103 Å². The number of Topliss-reactive ketones (excluding diaryl/α,β-unsaturated/α-hetero) is 1. The predicted octanol–water partition coefficient (Wildman–Crippen LogP) is 4.97. The van der Waals surface area contributed by atoms with Crippen LogP contribution in [0.3, 0.4) is 0 Å². The van der Waals surface area contributed by atoms with E-state index in [0.717, 1.165) is 51.6 Å². The summed E-state index contributed by atoms with van der Waals surface area (Å²) < 4.78 is 13.2. The molecule has 2 saturated heterocycles. The van der Waals surface area contributed by atoms with Crippen molar-refractivity contribution in [2.24, 2.45) is 52.3 Å². The molecule has 0 bridgehead atoms. The Morgan fingerprint density at radius 3 is 2.55 bits per heavy atom. The number of ether oxygens (including phenoxy) is 2. The Hall–Kier alpha value is -0.450. The van der Waals surface area contributed by atoms with E-state index in [1.807, 2.05) is 0 Å². The summed E-state index contributed by atoms with van der Waals surface area (Å²) in [5.74, 6) is 3.36. The molecular weight excluding hydrogens is 388 g/mol. The third-order valence-electron chi connectivity index (χ3n) is 11.6. The van der Waals surface area contributed by atoms with Gasteiger partial charge in [0.05, 0.1) is 18.8 Å². The largest absolute Gasteiger partial charge is 0.393 e. The summed E-state index contributed by atoms with van der Waals surface area (Å²) in [5.41, 5.74) is 0.143. The number of carbonyl (C=O) groups excluding carboxylic acids is 1. The maximum Gasteiger partial charge on any atom is 0.171 e. The molecule has 0 aromatic heterocycles. The summed E-state index contributed by atoms with van der Waals surface area (Å²) in [7, 11) is 0. The zero-order valence-corrected chi connectivity index (χ0v) is 19.9. The SMILES string of the molecule is CC1CCC2(OC1)O[C@H]1CC3C4CC[C@H]5C[C@@H](O)CC[C@]5(C)C4C(=O)C[C@]3(C)C1C2C. The molecule has 0 aromatic rings. The molecule has 174 valence electrons. The van der Waals surface area contributed by atoms with Crippen LogP contribution in [-0.2, 0) is 14.3 Å². The maximum atomic E-state index is 13.9. The predicted molar refractivity (Wildman–Crippen MR) is 118 cm³/mol. The van der Waals surface area contributed by atoms with Gasteiger partial charge in [-0.3, -0.25) is 4.79 Å². The molecule has 2 heterocycles. The molecule has 12 atom stereocenters. The van der Waals surface area contributed by atoms with E-state index in [-0.39, 0.29) is 29.0 Å². The summed E-state index contributed by atoms with van der Waals surface area (Å²) in [6.45, 7) is 10.2. The lowest BCUT2D eigenvalue weighted by Gasteiger charge is -2.60. The number of aliphatic hydroxyl groups is 1. The van der Waals surface area contributed by atoms with Crippen molar-refractivity contribution in [1.82, 2.24) is 0 Å². The minimum atomic E-state index is -0.404. The van der Waals surface area contributed by atoms with Gasteiger partial charge < -0.3 is 14.6 Å². The molecule has 6 rings (SSSR count). The number of aliphatic hydroxyl groups excluding tert-OH is 1. The highest BCUT2D eigenvalue weighted by Crippen LogP contribution is 2.70. The fourth-order valence-corrected chi connectivity index (χ4v) is 10.1. The first-order valence-corrected chi connectivity index (χ1v) is 13.2. The van der Waals surface area contributed by atoms with Gasteiger partial charge in [0.15, 0.2) is 5.79 Å². The standard InChI is InChI=1S/C27H42O4/c1-15-7-10-27(30-14-15)16(2)23-22(31-27)12-20-19-6-5-17-11-18(28)8-9-25(17,3)24(19)21(29)13-26(20,23)4/h15-20,22-24,28H,5-14H2,1-4H3/t15?,16?,17-,18-,19?,20?,22-,23?,24?,25-,26-,27?/m0/s1. The molecule has 4 heteroatoms. The third-order valence-corrected chi connectivity index (χ3v) is 11.6. The van der Waals surface area contributed by atoms with Gasteiger partial charge in [-0.25, -0.2) is 0 Å². The Balaban J connectivity index is 1.30. The zero-order chi connectivity index (χ0) is 21.8. The van der Waals surface area contributed by atoms with Crippen LogP contribution in [0, 0.1) is 52.3 Å². The van der Waals surface area contributed by atoms with Gasteiger partial charge in [0.2, 0.25) is 0 Å². The molecule has 6 aliphatic rings. The summed E-state index contributed by atoms with van der Waals surface area (Å²) in [6, 6.07) is 0. The summed E-state index contributed by atoms with van der Waals surface area (Å²) in [5, 5.41) is 10.3. The molecular formula is C27H42O4. The van der Waals surface area contributed by atoms with E-state index in [0.29, 0.717) is 41.3 Å². The van der Waals surface area contributed by atoms with Crippen LogP contribution in [0.15, 0.2) is 0 Å². The Labute approximate surface area is 187 Å². The van der Waals surface area contributed by atoms with E-state index in [2.05, 4.69) is 27.7 Å². The second-order valence-electron chi connectivity index (χ2n) is 13.1. The van der Waals surface area contributed by atoms with Gasteiger partial charge in [0.25, 0.3) is 0 Å². The Kier molecular flexibility index (Phi) is 4.62. The molecule has 0 aromatic carbocycles. The van der Waals surface area contributed by atoms with Crippen LogP contribution >= 0.6 is 0 Å². The van der Waals surface area contributed by atoms with Crippen LogP contribution in [0.2, 0.25) is 0 Å². The highest BCUT2D eigenvalue weighted by atomic mass is 16.7. The van der Waals surface area contributed by atoms with Crippen molar-refractivity contribution < 1.29 is 19.4 Å². The van der Waals surface area contributed by atoms with Gasteiger partial charge in [0, 0.05) is 24.7 Å². The molecule has 0 amide bonds. The monoisotopic (exact) mass is 430 g/mol. The van der Waals surface area contributed by atoms with Crippen molar-refractivity contribution in [3.8, 4) is 0 Å². The smallest absolute Gasteiger partial charge is 0.171 e. The topological polar surface area (TPSA) is 55.8 Å². The molecule has 4 nitrogen and oxygen atoms in total. The van der Waals surface area contributed by atoms with Gasteiger partial charge in [-0.1, -0.05) is 27.7 Å². The van der Waals surface area contributed by atoms with E-state index in [1.165, 1.54) is 12.8 Å². The highest BCUT2D eigenvalue weighted by molar-refractivity contribution is 5.84. The highest BCUT2D eigenvalue weighted by Gasteiger charge is 2.70. The molecule has 0 radical (unpaired) electrons. The molecule has 1 N–H and O–H groups in total. The van der Waals surface area contributed by atoms with Crippen molar-refractivity contribution in [1.29, 1.82) is 0 Å². The van der Waals surface area contributed by atoms with Crippen molar-refractivity contribution in [3.05, 3.63) is 0 Å². The quantitative estimate of drug-likeness (QED) is 0.589. The second kappa shape index (κ2) is 6.79. The summed E-state index contributed by atoms with van der Waals surface area (Å²) in [4.78, 5) is 13.9. The maximum absolute atomic E-state index is 13.9. The van der Waals surface area contributed by atoms with E-state index in [1.54, 1.807) is 0 Å². The fourth-order valence-electron chi connectivity index (χ4n) is 10.1. The molecule has 31 heavy (non-hydrogen) atoms. The lowest BCUT2D eigenvalue weighted by Crippen LogP contribution is -2.58. The van der Waals surface area contributed by atoms with Gasteiger partial charge >= 0.3 is 0 Å². The van der Waals surface area contributed by atoms with Gasteiger partial charge in [0.1, 0.15) is 5.78 Å². The molecule has 7 unspecified atom stereocenters. The minimum Gasteiger partial charge on any atom is -0.393 e. The third kappa shape index (κ3) is 2.74. The average molecular weight is 431 g/mol. The zero-order valence-electron chi connectivity index (χ0n) is 19.9. The summed E-state index contributed by atoms with van der Waals surface area (Å²) >= 11 is 0. The lowest BCUT2D eigenvalue weighted by atomic mass is 9.44. The van der Waals surface area contributed by atoms with E-state index < -0.39 is 5.79 Å². The van der Waals surface area contributed by atoms with E-state index >= 15 is 0 Å². The number of hydrogen-bond donors (Lipinski definition) is 1. The first-order chi connectivity index (χ1) is 14.7. The van der Waals surface area contributed by atoms with Crippen LogP contribution < -0.4 is 0 Å². The van der Waals surface area contributed by atoms with Crippen LogP contribution in [-0.4, -0.2) is 35.5 Å². The van der Waals surface area contributed by atoms with Crippen LogP contribution in [0.4, 0.5) is 0 Å². The molecule has 2 aliphatic heterocycles. The normalized spacial score (nSPS) is 60.9. The first-order valence-electron chi connectivity index (χ1n) is 13.2. The first kappa shape index (κ1) is 21.1. The molecule has 6 fully saturated rings.